The van der Waals surface area contributed by atoms with Gasteiger partial charge in [0.2, 0.25) is 5.91 Å². The predicted octanol–water partition coefficient (Wildman–Crippen LogP) is 4.79. The molecule has 0 radical (unpaired) electrons. The summed E-state index contributed by atoms with van der Waals surface area (Å²) >= 11 is 1.64. The second-order valence-corrected chi connectivity index (χ2v) is 7.29. The number of benzene rings is 2. The zero-order valence-electron chi connectivity index (χ0n) is 13.5. The van der Waals surface area contributed by atoms with Crippen LogP contribution in [0.5, 0.6) is 0 Å². The summed E-state index contributed by atoms with van der Waals surface area (Å²) in [7, 11) is 0. The SMILES string of the molecule is Cc1nc(-c2ccc(NC(=O)C3(c4ccccc4)CC3)cc2)cs1. The molecule has 0 saturated heterocycles. The van der Waals surface area contributed by atoms with E-state index in [9.17, 15) is 4.79 Å². The Kier molecular flexibility index (Phi) is 3.69. The van der Waals surface area contributed by atoms with Gasteiger partial charge in [0.05, 0.1) is 16.1 Å². The summed E-state index contributed by atoms with van der Waals surface area (Å²) < 4.78 is 0. The number of hydrogen-bond acceptors (Lipinski definition) is 3. The van der Waals surface area contributed by atoms with Gasteiger partial charge in [-0.3, -0.25) is 4.79 Å². The van der Waals surface area contributed by atoms with E-state index in [1.54, 1.807) is 11.3 Å². The Morgan fingerprint density at radius 2 is 1.79 bits per heavy atom. The van der Waals surface area contributed by atoms with Crippen molar-refractivity contribution in [1.82, 2.24) is 4.98 Å². The number of rotatable bonds is 4. The van der Waals surface area contributed by atoms with Gasteiger partial charge >= 0.3 is 0 Å². The Balaban J connectivity index is 1.50. The Morgan fingerprint density at radius 1 is 1.08 bits per heavy atom. The van der Waals surface area contributed by atoms with Gasteiger partial charge in [-0.25, -0.2) is 4.98 Å². The van der Waals surface area contributed by atoms with Crippen molar-refractivity contribution in [3.8, 4) is 11.3 Å². The molecule has 1 fully saturated rings. The second-order valence-electron chi connectivity index (χ2n) is 6.23. The number of nitrogens with one attached hydrogen (secondary N) is 1. The minimum atomic E-state index is -0.341. The van der Waals surface area contributed by atoms with Crippen molar-refractivity contribution >= 4 is 22.9 Å². The van der Waals surface area contributed by atoms with Crippen molar-refractivity contribution in [3.05, 3.63) is 70.5 Å². The van der Waals surface area contributed by atoms with Crippen LogP contribution in [0.4, 0.5) is 5.69 Å². The summed E-state index contributed by atoms with van der Waals surface area (Å²) in [6.07, 6.45) is 1.83. The number of carbonyl (C=O) groups is 1. The summed E-state index contributed by atoms with van der Waals surface area (Å²) in [5.41, 5.74) is 3.65. The lowest BCUT2D eigenvalue weighted by atomic mass is 9.95. The molecule has 3 aromatic rings. The van der Waals surface area contributed by atoms with E-state index in [4.69, 9.17) is 0 Å². The summed E-state index contributed by atoms with van der Waals surface area (Å²) in [6, 6.07) is 18.0. The van der Waals surface area contributed by atoms with E-state index in [-0.39, 0.29) is 11.3 Å². The molecule has 1 heterocycles. The van der Waals surface area contributed by atoms with Crippen LogP contribution < -0.4 is 5.32 Å². The molecule has 4 heteroatoms. The topological polar surface area (TPSA) is 42.0 Å². The summed E-state index contributed by atoms with van der Waals surface area (Å²) in [6.45, 7) is 2.00. The third-order valence-electron chi connectivity index (χ3n) is 4.57. The molecule has 24 heavy (non-hydrogen) atoms. The highest BCUT2D eigenvalue weighted by Gasteiger charge is 2.51. The van der Waals surface area contributed by atoms with Crippen molar-refractivity contribution in [2.45, 2.75) is 25.2 Å². The van der Waals surface area contributed by atoms with Crippen molar-refractivity contribution in [1.29, 1.82) is 0 Å². The Bertz CT molecular complexity index is 864. The molecule has 1 aliphatic rings. The zero-order valence-corrected chi connectivity index (χ0v) is 14.3. The smallest absolute Gasteiger partial charge is 0.235 e. The molecule has 1 aliphatic carbocycles. The maximum atomic E-state index is 12.7. The van der Waals surface area contributed by atoms with Gasteiger partial charge in [-0.1, -0.05) is 42.5 Å². The quantitative estimate of drug-likeness (QED) is 0.745. The minimum absolute atomic E-state index is 0.0888. The first-order valence-corrected chi connectivity index (χ1v) is 8.95. The summed E-state index contributed by atoms with van der Waals surface area (Å²) in [5.74, 6) is 0.0888. The van der Waals surface area contributed by atoms with E-state index in [0.29, 0.717) is 0 Å². The average Bonchev–Trinajstić information content (AvgIpc) is 3.32. The van der Waals surface area contributed by atoms with E-state index in [1.165, 1.54) is 0 Å². The van der Waals surface area contributed by atoms with Crippen molar-refractivity contribution < 1.29 is 4.79 Å². The largest absolute Gasteiger partial charge is 0.325 e. The van der Waals surface area contributed by atoms with Gasteiger partial charge in [-0.2, -0.15) is 0 Å². The first-order valence-electron chi connectivity index (χ1n) is 8.07. The van der Waals surface area contributed by atoms with Gasteiger partial charge in [0.25, 0.3) is 0 Å². The molecule has 120 valence electrons. The van der Waals surface area contributed by atoms with Crippen LogP contribution in [0.3, 0.4) is 0 Å². The fraction of sp³-hybridized carbons (Fsp3) is 0.200. The Labute approximate surface area is 145 Å². The highest BCUT2D eigenvalue weighted by Crippen LogP contribution is 2.48. The summed E-state index contributed by atoms with van der Waals surface area (Å²) in [4.78, 5) is 17.2. The highest BCUT2D eigenvalue weighted by molar-refractivity contribution is 7.09. The molecule has 0 bridgehead atoms. The van der Waals surface area contributed by atoms with Gasteiger partial charge in [0.15, 0.2) is 0 Å². The van der Waals surface area contributed by atoms with Gasteiger partial charge in [0, 0.05) is 16.6 Å². The molecule has 0 atom stereocenters. The third kappa shape index (κ3) is 2.74. The molecule has 0 aliphatic heterocycles. The normalized spacial score (nSPS) is 15.0. The standard InChI is InChI=1S/C20H18N2OS/c1-14-21-18(13-24-14)15-7-9-17(10-8-15)22-19(23)20(11-12-20)16-5-3-2-4-6-16/h2-10,13H,11-12H2,1H3,(H,22,23). The van der Waals surface area contributed by atoms with E-state index in [0.717, 1.165) is 40.4 Å². The van der Waals surface area contributed by atoms with E-state index < -0.39 is 0 Å². The molecule has 1 amide bonds. The van der Waals surface area contributed by atoms with Gasteiger partial charge in [-0.05, 0) is 37.5 Å². The van der Waals surface area contributed by atoms with Gasteiger partial charge in [0.1, 0.15) is 0 Å². The maximum Gasteiger partial charge on any atom is 0.235 e. The molecule has 1 saturated carbocycles. The molecule has 4 rings (SSSR count). The third-order valence-corrected chi connectivity index (χ3v) is 5.34. The maximum absolute atomic E-state index is 12.7. The molecule has 1 N–H and O–H groups in total. The number of anilines is 1. The highest BCUT2D eigenvalue weighted by atomic mass is 32.1. The molecular formula is C20H18N2OS. The first-order chi connectivity index (χ1) is 11.7. The van der Waals surface area contributed by atoms with Crippen LogP contribution >= 0.6 is 11.3 Å². The first kappa shape index (κ1) is 15.1. The second kappa shape index (κ2) is 5.87. The monoisotopic (exact) mass is 334 g/mol. The number of aryl methyl sites for hydroxylation is 1. The lowest BCUT2D eigenvalue weighted by molar-refractivity contribution is -0.118. The lowest BCUT2D eigenvalue weighted by Crippen LogP contribution is -2.27. The van der Waals surface area contributed by atoms with E-state index in [1.807, 2.05) is 61.5 Å². The fourth-order valence-corrected chi connectivity index (χ4v) is 3.62. The molecule has 0 spiro atoms. The molecule has 0 unspecified atom stereocenters. The van der Waals surface area contributed by atoms with Crippen molar-refractivity contribution in [2.75, 3.05) is 5.32 Å². The van der Waals surface area contributed by atoms with Crippen LogP contribution in [-0.2, 0) is 10.2 Å². The zero-order chi connectivity index (χ0) is 16.6. The molecule has 1 aromatic heterocycles. The van der Waals surface area contributed by atoms with Crippen LogP contribution in [0.25, 0.3) is 11.3 Å². The van der Waals surface area contributed by atoms with Crippen LogP contribution in [0.15, 0.2) is 60.0 Å². The van der Waals surface area contributed by atoms with Gasteiger partial charge < -0.3 is 5.32 Å². The van der Waals surface area contributed by atoms with Gasteiger partial charge in [-0.15, -0.1) is 11.3 Å². The van der Waals surface area contributed by atoms with Crippen LogP contribution in [-0.4, -0.2) is 10.9 Å². The van der Waals surface area contributed by atoms with Crippen molar-refractivity contribution in [3.63, 3.8) is 0 Å². The lowest BCUT2D eigenvalue weighted by Gasteiger charge is -2.16. The van der Waals surface area contributed by atoms with Crippen LogP contribution in [0.1, 0.15) is 23.4 Å². The molecule has 3 nitrogen and oxygen atoms in total. The number of amides is 1. The Hall–Kier alpha value is -2.46. The fourth-order valence-electron chi connectivity index (χ4n) is 3.00. The van der Waals surface area contributed by atoms with Crippen molar-refractivity contribution in [2.24, 2.45) is 0 Å². The number of hydrogen-bond donors (Lipinski definition) is 1. The minimum Gasteiger partial charge on any atom is -0.325 e. The Morgan fingerprint density at radius 3 is 2.38 bits per heavy atom. The van der Waals surface area contributed by atoms with E-state index >= 15 is 0 Å². The predicted molar refractivity (Wildman–Crippen MR) is 98.3 cm³/mol. The number of thiazole rings is 1. The average molecular weight is 334 g/mol. The number of carbonyl (C=O) groups excluding carboxylic acids is 1. The molecule has 2 aromatic carbocycles. The van der Waals surface area contributed by atoms with Crippen LogP contribution in [0.2, 0.25) is 0 Å². The molecular weight excluding hydrogens is 316 g/mol. The number of nitrogens with zero attached hydrogens (tertiary/aromatic N) is 1. The number of aromatic nitrogens is 1. The summed E-state index contributed by atoms with van der Waals surface area (Å²) in [5, 5.41) is 6.18. The van der Waals surface area contributed by atoms with Crippen LogP contribution in [0, 0.1) is 6.92 Å². The van der Waals surface area contributed by atoms with E-state index in [2.05, 4.69) is 15.7 Å².